The molecule has 2 aliphatic rings. The van der Waals surface area contributed by atoms with Gasteiger partial charge in [0, 0.05) is 0 Å². The van der Waals surface area contributed by atoms with Crippen molar-refractivity contribution in [2.24, 2.45) is 28.6 Å². The molecule has 2 fully saturated rings. The van der Waals surface area contributed by atoms with Crippen LogP contribution in [0.25, 0.3) is 0 Å². The van der Waals surface area contributed by atoms with E-state index in [4.69, 9.17) is 4.74 Å². The lowest BCUT2D eigenvalue weighted by Gasteiger charge is -2.47. The first-order chi connectivity index (χ1) is 10.4. The molecule has 2 bridgehead atoms. The molecule has 0 amide bonds. The van der Waals surface area contributed by atoms with Crippen LogP contribution in [0, 0.1) is 28.6 Å². The number of esters is 1. The molecule has 3 atom stereocenters. The summed E-state index contributed by atoms with van der Waals surface area (Å²) in [5.41, 5.74) is -0.505. The molecule has 2 saturated carbocycles. The summed E-state index contributed by atoms with van der Waals surface area (Å²) in [6, 6.07) is 0. The van der Waals surface area contributed by atoms with Crippen molar-refractivity contribution in [3.05, 3.63) is 0 Å². The summed E-state index contributed by atoms with van der Waals surface area (Å²) in [7, 11) is 0. The maximum absolute atomic E-state index is 13.2. The van der Waals surface area contributed by atoms with E-state index in [0.717, 1.165) is 31.1 Å². The van der Waals surface area contributed by atoms with Crippen LogP contribution in [0.15, 0.2) is 0 Å². The van der Waals surface area contributed by atoms with Gasteiger partial charge in [0.25, 0.3) is 0 Å². The van der Waals surface area contributed by atoms with E-state index in [-0.39, 0.29) is 17.0 Å². The zero-order chi connectivity index (χ0) is 17.5. The fourth-order valence-electron chi connectivity index (χ4n) is 5.12. The number of carbonyl (C=O) groups excluding carboxylic acids is 1. The van der Waals surface area contributed by atoms with Crippen LogP contribution in [0.2, 0.25) is 0 Å². The molecule has 3 unspecified atom stereocenters. The zero-order valence-corrected chi connectivity index (χ0v) is 16.5. The highest BCUT2D eigenvalue weighted by Gasteiger charge is 2.47. The standard InChI is InChI=1S/C21H38O2/c1-15(2)21(7,14-19(3,4)5)18(22)23-20(6)12-16-9-8-10-17(11-16)13-20/h15-17H,8-14H2,1-7H3. The monoisotopic (exact) mass is 322 g/mol. The minimum Gasteiger partial charge on any atom is -0.459 e. The summed E-state index contributed by atoms with van der Waals surface area (Å²) in [6.45, 7) is 15.3. The third-order valence-corrected chi connectivity index (χ3v) is 6.31. The largest absolute Gasteiger partial charge is 0.459 e. The summed E-state index contributed by atoms with van der Waals surface area (Å²) in [5, 5.41) is 0. The summed E-state index contributed by atoms with van der Waals surface area (Å²) in [5.74, 6) is 1.87. The fourth-order valence-corrected chi connectivity index (χ4v) is 5.12. The Bertz CT molecular complexity index is 420. The van der Waals surface area contributed by atoms with Gasteiger partial charge < -0.3 is 4.74 Å². The van der Waals surface area contributed by atoms with Crippen LogP contribution in [-0.2, 0) is 9.53 Å². The number of ether oxygens (including phenoxy) is 1. The van der Waals surface area contributed by atoms with Crippen molar-refractivity contribution in [2.45, 2.75) is 99.0 Å². The lowest BCUT2D eigenvalue weighted by Crippen LogP contribution is -2.47. The van der Waals surface area contributed by atoms with Crippen molar-refractivity contribution in [1.29, 1.82) is 0 Å². The highest BCUT2D eigenvalue weighted by atomic mass is 16.6. The predicted octanol–water partition coefficient (Wildman–Crippen LogP) is 5.99. The molecular formula is C21H38O2. The van der Waals surface area contributed by atoms with E-state index in [2.05, 4.69) is 48.5 Å². The van der Waals surface area contributed by atoms with E-state index >= 15 is 0 Å². The Morgan fingerprint density at radius 2 is 1.65 bits per heavy atom. The van der Waals surface area contributed by atoms with E-state index in [1.807, 2.05) is 0 Å². The molecule has 0 heterocycles. The number of hydrogen-bond acceptors (Lipinski definition) is 2. The molecule has 0 aromatic rings. The van der Waals surface area contributed by atoms with Gasteiger partial charge in [-0.3, -0.25) is 4.79 Å². The van der Waals surface area contributed by atoms with Crippen molar-refractivity contribution < 1.29 is 9.53 Å². The average molecular weight is 323 g/mol. The summed E-state index contributed by atoms with van der Waals surface area (Å²) in [6.07, 6.45) is 8.39. The summed E-state index contributed by atoms with van der Waals surface area (Å²) < 4.78 is 6.25. The first-order valence-corrected chi connectivity index (χ1v) is 9.67. The van der Waals surface area contributed by atoms with Crippen molar-refractivity contribution in [3.8, 4) is 0 Å². The van der Waals surface area contributed by atoms with Gasteiger partial charge in [0.1, 0.15) is 5.60 Å². The minimum atomic E-state index is -0.395. The second kappa shape index (κ2) is 6.41. The number of rotatable bonds is 4. The van der Waals surface area contributed by atoms with E-state index in [9.17, 15) is 4.79 Å². The van der Waals surface area contributed by atoms with Crippen LogP contribution in [0.5, 0.6) is 0 Å². The maximum Gasteiger partial charge on any atom is 0.312 e. The fraction of sp³-hybridized carbons (Fsp3) is 0.952. The van der Waals surface area contributed by atoms with Crippen LogP contribution in [-0.4, -0.2) is 11.6 Å². The van der Waals surface area contributed by atoms with Gasteiger partial charge in [-0.25, -0.2) is 0 Å². The van der Waals surface area contributed by atoms with Crippen LogP contribution < -0.4 is 0 Å². The quantitative estimate of drug-likeness (QED) is 0.594. The third kappa shape index (κ3) is 4.51. The van der Waals surface area contributed by atoms with Crippen molar-refractivity contribution in [3.63, 3.8) is 0 Å². The molecule has 2 aliphatic carbocycles. The molecule has 2 rings (SSSR count). The van der Waals surface area contributed by atoms with Gasteiger partial charge in [0.15, 0.2) is 0 Å². The van der Waals surface area contributed by atoms with E-state index in [1.54, 1.807) is 0 Å². The van der Waals surface area contributed by atoms with Crippen LogP contribution >= 0.6 is 0 Å². The molecule has 0 aromatic heterocycles. The van der Waals surface area contributed by atoms with Gasteiger partial charge in [0.2, 0.25) is 0 Å². The second-order valence-corrected chi connectivity index (χ2v) is 10.5. The first-order valence-electron chi connectivity index (χ1n) is 9.67. The summed E-state index contributed by atoms with van der Waals surface area (Å²) in [4.78, 5) is 13.2. The van der Waals surface area contributed by atoms with E-state index in [1.165, 1.54) is 25.7 Å². The SMILES string of the molecule is CC(C)C(C)(CC(C)(C)C)C(=O)OC1(C)CC2CCCC(C2)C1. The Hall–Kier alpha value is -0.530. The Kier molecular flexibility index (Phi) is 5.24. The van der Waals surface area contributed by atoms with Crippen molar-refractivity contribution in [1.82, 2.24) is 0 Å². The molecule has 0 N–H and O–H groups in total. The highest BCUT2D eigenvalue weighted by molar-refractivity contribution is 5.77. The number of carbonyl (C=O) groups is 1. The first kappa shape index (κ1) is 18.8. The molecule has 0 aromatic carbocycles. The Morgan fingerprint density at radius 1 is 1.13 bits per heavy atom. The minimum absolute atomic E-state index is 0.0323. The smallest absolute Gasteiger partial charge is 0.312 e. The molecular weight excluding hydrogens is 284 g/mol. The van der Waals surface area contributed by atoms with Gasteiger partial charge in [-0.15, -0.1) is 0 Å². The molecule has 2 nitrogen and oxygen atoms in total. The summed E-state index contributed by atoms with van der Waals surface area (Å²) >= 11 is 0. The van der Waals surface area contributed by atoms with E-state index < -0.39 is 5.41 Å². The molecule has 0 spiro atoms. The van der Waals surface area contributed by atoms with Crippen molar-refractivity contribution >= 4 is 5.97 Å². The van der Waals surface area contributed by atoms with Gasteiger partial charge in [0.05, 0.1) is 5.41 Å². The van der Waals surface area contributed by atoms with Gasteiger partial charge in [-0.05, 0) is 62.7 Å². The Morgan fingerprint density at radius 3 is 2.09 bits per heavy atom. The molecule has 0 radical (unpaired) electrons. The normalized spacial score (nSPS) is 34.1. The number of hydrogen-bond donors (Lipinski definition) is 0. The second-order valence-electron chi connectivity index (χ2n) is 10.5. The molecule has 23 heavy (non-hydrogen) atoms. The zero-order valence-electron chi connectivity index (χ0n) is 16.5. The Labute approximate surface area is 143 Å². The lowest BCUT2D eigenvalue weighted by atomic mass is 9.66. The van der Waals surface area contributed by atoms with E-state index in [0.29, 0.717) is 5.92 Å². The van der Waals surface area contributed by atoms with Gasteiger partial charge in [-0.2, -0.15) is 0 Å². The maximum atomic E-state index is 13.2. The molecule has 0 aliphatic heterocycles. The van der Waals surface area contributed by atoms with Crippen molar-refractivity contribution in [2.75, 3.05) is 0 Å². The van der Waals surface area contributed by atoms with Crippen LogP contribution in [0.4, 0.5) is 0 Å². The van der Waals surface area contributed by atoms with Gasteiger partial charge in [-0.1, -0.05) is 53.9 Å². The third-order valence-electron chi connectivity index (χ3n) is 6.31. The molecule has 0 saturated heterocycles. The topological polar surface area (TPSA) is 26.3 Å². The average Bonchev–Trinajstić information content (AvgIpc) is 2.34. The predicted molar refractivity (Wildman–Crippen MR) is 96.2 cm³/mol. The van der Waals surface area contributed by atoms with Crippen LogP contribution in [0.1, 0.15) is 93.4 Å². The highest BCUT2D eigenvalue weighted by Crippen LogP contribution is 2.48. The van der Waals surface area contributed by atoms with Gasteiger partial charge >= 0.3 is 5.97 Å². The Balaban J connectivity index is 2.11. The lowest BCUT2D eigenvalue weighted by molar-refractivity contribution is -0.182. The molecule has 2 heteroatoms. The molecule has 134 valence electrons. The van der Waals surface area contributed by atoms with Crippen LogP contribution in [0.3, 0.4) is 0 Å². The number of fused-ring (bicyclic) bond motifs is 2.